The molecule has 0 bridgehead atoms. The van der Waals surface area contributed by atoms with E-state index in [0.717, 1.165) is 22.5 Å². The van der Waals surface area contributed by atoms with E-state index >= 15 is 0 Å². The Balaban J connectivity index is 0.000000210. The van der Waals surface area contributed by atoms with Crippen LogP contribution < -0.4 is 4.40 Å². The summed E-state index contributed by atoms with van der Waals surface area (Å²) in [5.41, 5.74) is 5.27. The number of aromatic nitrogens is 2. The number of imidazole rings is 1. The van der Waals surface area contributed by atoms with Gasteiger partial charge in [0.1, 0.15) is 28.6 Å². The molecule has 0 saturated heterocycles. The fourth-order valence-electron chi connectivity index (χ4n) is 2.99. The Morgan fingerprint density at radius 1 is 0.871 bits per heavy atom. The maximum absolute atomic E-state index is 10.4. The summed E-state index contributed by atoms with van der Waals surface area (Å²) in [7, 11) is -2.29. The highest BCUT2D eigenvalue weighted by molar-refractivity contribution is 7.85. The molecule has 7 nitrogen and oxygen atoms in total. The molecular formula is C23H18N4O3S. The van der Waals surface area contributed by atoms with E-state index in [9.17, 15) is 13.0 Å². The first-order chi connectivity index (χ1) is 14.7. The molecular weight excluding hydrogens is 412 g/mol. The number of hydrogen-bond acceptors (Lipinski definition) is 5. The Morgan fingerprint density at radius 2 is 1.45 bits per heavy atom. The normalized spacial score (nSPS) is 10.6. The van der Waals surface area contributed by atoms with Crippen molar-refractivity contribution in [3.05, 3.63) is 89.7 Å². The molecule has 0 aliphatic heterocycles. The quantitative estimate of drug-likeness (QED) is 0.358. The van der Waals surface area contributed by atoms with Crippen LogP contribution in [0.25, 0.3) is 16.9 Å². The van der Waals surface area contributed by atoms with Gasteiger partial charge in [0.25, 0.3) is 5.65 Å². The third-order valence-electron chi connectivity index (χ3n) is 4.67. The number of aryl methyl sites for hydroxylation is 2. The molecule has 0 spiro atoms. The second-order valence-electron chi connectivity index (χ2n) is 6.82. The monoisotopic (exact) mass is 430 g/mol. The Labute approximate surface area is 180 Å². The van der Waals surface area contributed by atoms with Crippen molar-refractivity contribution in [1.29, 1.82) is 10.5 Å². The summed E-state index contributed by atoms with van der Waals surface area (Å²) in [6.07, 6.45) is 3.79. The Bertz CT molecular complexity index is 1420. The average molecular weight is 430 g/mol. The molecule has 0 atom stereocenters. The highest BCUT2D eigenvalue weighted by atomic mass is 32.2. The van der Waals surface area contributed by atoms with Gasteiger partial charge in [-0.2, -0.15) is 10.5 Å². The van der Waals surface area contributed by atoms with Crippen molar-refractivity contribution >= 4 is 15.8 Å². The lowest BCUT2D eigenvalue weighted by atomic mass is 10.1. The minimum absolute atomic E-state index is 0.178. The van der Waals surface area contributed by atoms with Crippen LogP contribution in [0.1, 0.15) is 16.7 Å². The number of rotatable bonds is 2. The largest absolute Gasteiger partial charge is 0.744 e. The SMILES string of the molecule is Cc1ccc(S(=O)(=O)[O-])cc1.Cn1c(-c2ccc(C#N)cc2)c[n+]2cc(C#N)ccc12. The summed E-state index contributed by atoms with van der Waals surface area (Å²) < 4.78 is 35.2. The van der Waals surface area contributed by atoms with Crippen LogP contribution in [-0.2, 0) is 17.2 Å². The highest BCUT2D eigenvalue weighted by Crippen LogP contribution is 2.20. The van der Waals surface area contributed by atoms with Crippen LogP contribution in [0.2, 0.25) is 0 Å². The first-order valence-corrected chi connectivity index (χ1v) is 10.6. The fraction of sp³-hybridized carbons (Fsp3) is 0.0870. The van der Waals surface area contributed by atoms with E-state index in [-0.39, 0.29) is 4.90 Å². The van der Waals surface area contributed by atoms with Crippen LogP contribution in [0.15, 0.2) is 78.0 Å². The minimum Gasteiger partial charge on any atom is -0.744 e. The molecule has 0 aliphatic rings. The molecule has 0 aliphatic carbocycles. The minimum atomic E-state index is -4.27. The van der Waals surface area contributed by atoms with Gasteiger partial charge in [-0.3, -0.25) is 0 Å². The topological polar surface area (TPSA) is 114 Å². The molecule has 0 N–H and O–H groups in total. The zero-order valence-electron chi connectivity index (χ0n) is 16.9. The van der Waals surface area contributed by atoms with Gasteiger partial charge in [-0.15, -0.1) is 0 Å². The third-order valence-corrected chi connectivity index (χ3v) is 5.52. The van der Waals surface area contributed by atoms with Crippen LogP contribution in [0.5, 0.6) is 0 Å². The zero-order chi connectivity index (χ0) is 22.6. The second-order valence-corrected chi connectivity index (χ2v) is 8.20. The van der Waals surface area contributed by atoms with Gasteiger partial charge in [0.05, 0.1) is 29.1 Å². The molecule has 0 saturated carbocycles. The maximum atomic E-state index is 10.4. The lowest BCUT2D eigenvalue weighted by Crippen LogP contribution is -2.18. The van der Waals surface area contributed by atoms with Crippen LogP contribution >= 0.6 is 0 Å². The molecule has 0 amide bonds. The first kappa shape index (κ1) is 21.7. The van der Waals surface area contributed by atoms with Gasteiger partial charge in [0.15, 0.2) is 5.69 Å². The van der Waals surface area contributed by atoms with Gasteiger partial charge < -0.3 is 4.55 Å². The lowest BCUT2D eigenvalue weighted by Gasteiger charge is -2.05. The van der Waals surface area contributed by atoms with Crippen molar-refractivity contribution in [2.75, 3.05) is 0 Å². The first-order valence-electron chi connectivity index (χ1n) is 9.17. The third kappa shape index (κ3) is 4.96. The van der Waals surface area contributed by atoms with E-state index < -0.39 is 10.1 Å². The molecule has 4 aromatic rings. The molecule has 0 fully saturated rings. The standard InChI is InChI=1S/C16H11N4.C7H8O3S/c1-19-15(14-5-2-12(8-17)3-6-14)11-20-10-13(9-18)4-7-16(19)20;1-6-2-4-7(5-3-6)11(8,9)10/h2-7,10-11H,1H3;2-5H,1H3,(H,8,9,10)/q+1;/p-1. The number of nitriles is 2. The van der Waals surface area contributed by atoms with Crippen LogP contribution in [0.3, 0.4) is 0 Å². The van der Waals surface area contributed by atoms with Crippen molar-refractivity contribution in [2.24, 2.45) is 7.05 Å². The van der Waals surface area contributed by atoms with E-state index in [0.29, 0.717) is 11.1 Å². The number of hydrogen-bond donors (Lipinski definition) is 0. The highest BCUT2D eigenvalue weighted by Gasteiger charge is 2.16. The van der Waals surface area contributed by atoms with Crippen molar-refractivity contribution in [1.82, 2.24) is 4.57 Å². The smallest absolute Gasteiger partial charge is 0.286 e. The summed E-state index contributed by atoms with van der Waals surface area (Å²) in [5.74, 6) is 0. The van der Waals surface area contributed by atoms with Gasteiger partial charge in [-0.25, -0.2) is 17.4 Å². The Hall–Kier alpha value is -3.98. The predicted octanol–water partition coefficient (Wildman–Crippen LogP) is 3.07. The molecule has 154 valence electrons. The number of fused-ring (bicyclic) bond motifs is 1. The van der Waals surface area contributed by atoms with Crippen molar-refractivity contribution < 1.29 is 17.4 Å². The van der Waals surface area contributed by atoms with Gasteiger partial charge >= 0.3 is 0 Å². The molecule has 2 heterocycles. The molecule has 0 radical (unpaired) electrons. The van der Waals surface area contributed by atoms with E-state index in [4.69, 9.17) is 10.5 Å². The van der Waals surface area contributed by atoms with E-state index in [1.807, 2.05) is 49.0 Å². The second kappa shape index (κ2) is 8.80. The summed E-state index contributed by atoms with van der Waals surface area (Å²) in [6, 6.07) is 21.2. The van der Waals surface area contributed by atoms with Crippen LogP contribution in [0, 0.1) is 29.6 Å². The van der Waals surface area contributed by atoms with Crippen LogP contribution in [-0.4, -0.2) is 17.5 Å². The fourth-order valence-corrected chi connectivity index (χ4v) is 3.46. The molecule has 8 heteroatoms. The molecule has 2 aromatic heterocycles. The van der Waals surface area contributed by atoms with Crippen molar-refractivity contribution in [3.8, 4) is 23.4 Å². The number of benzene rings is 2. The lowest BCUT2D eigenvalue weighted by molar-refractivity contribution is -0.510. The Kier molecular flexibility index (Phi) is 6.17. The van der Waals surface area contributed by atoms with Gasteiger partial charge in [-0.05, 0) is 49.4 Å². The van der Waals surface area contributed by atoms with Gasteiger partial charge in [0, 0.05) is 11.6 Å². The summed E-state index contributed by atoms with van der Waals surface area (Å²) in [4.78, 5) is -0.178. The van der Waals surface area contributed by atoms with Crippen LogP contribution in [0.4, 0.5) is 0 Å². The molecule has 0 unspecified atom stereocenters. The zero-order valence-corrected chi connectivity index (χ0v) is 17.7. The summed E-state index contributed by atoms with van der Waals surface area (Å²) >= 11 is 0. The van der Waals surface area contributed by atoms with E-state index in [2.05, 4.69) is 16.7 Å². The van der Waals surface area contributed by atoms with E-state index in [1.54, 1.807) is 30.3 Å². The van der Waals surface area contributed by atoms with E-state index in [1.165, 1.54) is 12.1 Å². The van der Waals surface area contributed by atoms with Crippen molar-refractivity contribution in [2.45, 2.75) is 11.8 Å². The molecule has 31 heavy (non-hydrogen) atoms. The predicted molar refractivity (Wildman–Crippen MR) is 113 cm³/mol. The van der Waals surface area contributed by atoms with Gasteiger partial charge in [0.2, 0.25) is 0 Å². The van der Waals surface area contributed by atoms with Crippen molar-refractivity contribution in [3.63, 3.8) is 0 Å². The number of pyridine rings is 1. The Morgan fingerprint density at radius 3 is 2.00 bits per heavy atom. The average Bonchev–Trinajstić information content (AvgIpc) is 3.09. The van der Waals surface area contributed by atoms with Gasteiger partial charge in [-0.1, -0.05) is 17.7 Å². The maximum Gasteiger partial charge on any atom is 0.286 e. The number of nitrogens with zero attached hydrogens (tertiary/aromatic N) is 4. The summed E-state index contributed by atoms with van der Waals surface area (Å²) in [6.45, 7) is 1.82. The molecule has 4 rings (SSSR count). The summed E-state index contributed by atoms with van der Waals surface area (Å²) in [5, 5.41) is 17.8. The molecule has 2 aromatic carbocycles.